The van der Waals surface area contributed by atoms with Gasteiger partial charge in [-0.05, 0) is 6.92 Å². The van der Waals surface area contributed by atoms with Gasteiger partial charge in [0.05, 0.1) is 31.9 Å². The van der Waals surface area contributed by atoms with Gasteiger partial charge < -0.3 is 24.9 Å². The number of hydrogen-bond donors (Lipinski definition) is 2. The van der Waals surface area contributed by atoms with E-state index in [9.17, 15) is 0 Å². The van der Waals surface area contributed by atoms with Crippen molar-refractivity contribution in [2.75, 3.05) is 24.6 Å². The molecule has 0 aromatic carbocycles. The molecule has 2 heterocycles. The van der Waals surface area contributed by atoms with Crippen LogP contribution in [0.5, 0.6) is 0 Å². The molecule has 1 fully saturated rings. The van der Waals surface area contributed by atoms with Crippen molar-refractivity contribution in [2.24, 2.45) is 5.73 Å². The number of aromatic nitrogens is 2. The molecule has 1 aliphatic heterocycles. The Bertz CT molecular complexity index is 343. The van der Waals surface area contributed by atoms with Gasteiger partial charge in [0.2, 0.25) is 5.89 Å². The van der Waals surface area contributed by atoms with E-state index in [1.54, 1.807) is 0 Å². The van der Waals surface area contributed by atoms with Crippen LogP contribution < -0.4 is 10.6 Å². The number of rotatable bonds is 3. The highest BCUT2D eigenvalue weighted by molar-refractivity contribution is 5.25. The molecule has 16 heavy (non-hydrogen) atoms. The van der Waals surface area contributed by atoms with Crippen LogP contribution in [0, 0.1) is 0 Å². The van der Waals surface area contributed by atoms with Gasteiger partial charge in [-0.15, -0.1) is 5.10 Å². The Balaban J connectivity index is 2.07. The van der Waals surface area contributed by atoms with Crippen LogP contribution in [0.4, 0.5) is 6.01 Å². The maximum Gasteiger partial charge on any atom is 0.318 e. The number of aliphatic hydroxyl groups is 1. The Morgan fingerprint density at radius 2 is 2.31 bits per heavy atom. The molecular weight excluding hydrogens is 212 g/mol. The minimum Gasteiger partial charge on any atom is -0.407 e. The summed E-state index contributed by atoms with van der Waals surface area (Å²) in [7, 11) is 0. The summed E-state index contributed by atoms with van der Waals surface area (Å²) in [5.41, 5.74) is 5.39. The largest absolute Gasteiger partial charge is 0.407 e. The monoisotopic (exact) mass is 228 g/mol. The lowest BCUT2D eigenvalue weighted by Crippen LogP contribution is -2.48. The fourth-order valence-corrected chi connectivity index (χ4v) is 1.76. The van der Waals surface area contributed by atoms with E-state index in [0.717, 1.165) is 0 Å². The first-order chi connectivity index (χ1) is 7.72. The van der Waals surface area contributed by atoms with E-state index in [4.69, 9.17) is 20.0 Å². The SMILES string of the molecule is CC1CN(c2nnc(CN)o2)CC(CO)O1. The number of nitrogens with two attached hydrogens (primary N) is 1. The first kappa shape index (κ1) is 11.3. The Kier molecular flexibility index (Phi) is 3.37. The Morgan fingerprint density at radius 3 is 2.94 bits per heavy atom. The predicted molar refractivity (Wildman–Crippen MR) is 55.8 cm³/mol. The summed E-state index contributed by atoms with van der Waals surface area (Å²) in [5.74, 6) is 0.412. The van der Waals surface area contributed by atoms with Crippen molar-refractivity contribution in [3.05, 3.63) is 5.89 Å². The van der Waals surface area contributed by atoms with E-state index in [1.807, 2.05) is 11.8 Å². The summed E-state index contributed by atoms with van der Waals surface area (Å²) in [6.45, 7) is 3.37. The van der Waals surface area contributed by atoms with Crippen molar-refractivity contribution in [3.63, 3.8) is 0 Å². The van der Waals surface area contributed by atoms with Crippen LogP contribution in [-0.2, 0) is 11.3 Å². The van der Waals surface area contributed by atoms with Gasteiger partial charge in [0.15, 0.2) is 0 Å². The molecule has 0 radical (unpaired) electrons. The zero-order chi connectivity index (χ0) is 11.5. The third-order valence-corrected chi connectivity index (χ3v) is 2.43. The molecular formula is C9H16N4O3. The van der Waals surface area contributed by atoms with Gasteiger partial charge in [-0.3, -0.25) is 0 Å². The van der Waals surface area contributed by atoms with Crippen LogP contribution in [0.1, 0.15) is 12.8 Å². The molecule has 0 amide bonds. The number of aliphatic hydroxyl groups excluding tert-OH is 1. The zero-order valence-corrected chi connectivity index (χ0v) is 9.17. The molecule has 7 nitrogen and oxygen atoms in total. The van der Waals surface area contributed by atoms with Gasteiger partial charge in [-0.2, -0.15) is 0 Å². The van der Waals surface area contributed by atoms with E-state index >= 15 is 0 Å². The van der Waals surface area contributed by atoms with Gasteiger partial charge in [-0.25, -0.2) is 0 Å². The molecule has 0 bridgehead atoms. The summed E-state index contributed by atoms with van der Waals surface area (Å²) >= 11 is 0. The van der Waals surface area contributed by atoms with E-state index < -0.39 is 0 Å². The molecule has 1 aromatic heterocycles. The summed E-state index contributed by atoms with van der Waals surface area (Å²) in [5, 5.41) is 16.8. The molecule has 1 aliphatic rings. The highest BCUT2D eigenvalue weighted by atomic mass is 16.5. The van der Waals surface area contributed by atoms with Gasteiger partial charge in [0.1, 0.15) is 0 Å². The molecule has 0 aliphatic carbocycles. The van der Waals surface area contributed by atoms with E-state index in [2.05, 4.69) is 10.2 Å². The minimum atomic E-state index is -0.211. The predicted octanol–water partition coefficient (Wildman–Crippen LogP) is -0.886. The normalized spacial score (nSPS) is 26.1. The zero-order valence-electron chi connectivity index (χ0n) is 9.17. The van der Waals surface area contributed by atoms with Crippen LogP contribution in [0.15, 0.2) is 4.42 Å². The van der Waals surface area contributed by atoms with Crippen molar-refractivity contribution in [1.82, 2.24) is 10.2 Å². The number of anilines is 1. The van der Waals surface area contributed by atoms with Crippen molar-refractivity contribution < 1.29 is 14.3 Å². The second-order valence-electron chi connectivity index (χ2n) is 3.84. The lowest BCUT2D eigenvalue weighted by Gasteiger charge is -2.34. The van der Waals surface area contributed by atoms with Crippen molar-refractivity contribution in [3.8, 4) is 0 Å². The van der Waals surface area contributed by atoms with Crippen LogP contribution in [0.25, 0.3) is 0 Å². The molecule has 7 heteroatoms. The molecule has 1 aromatic rings. The van der Waals surface area contributed by atoms with Gasteiger partial charge >= 0.3 is 6.01 Å². The molecule has 2 unspecified atom stereocenters. The van der Waals surface area contributed by atoms with Crippen LogP contribution in [0.2, 0.25) is 0 Å². The molecule has 2 atom stereocenters. The van der Waals surface area contributed by atoms with Crippen LogP contribution >= 0.6 is 0 Å². The van der Waals surface area contributed by atoms with E-state index in [0.29, 0.717) is 25.0 Å². The molecule has 3 N–H and O–H groups in total. The second kappa shape index (κ2) is 4.77. The van der Waals surface area contributed by atoms with Crippen molar-refractivity contribution in [1.29, 1.82) is 0 Å². The Labute approximate surface area is 93.2 Å². The van der Waals surface area contributed by atoms with Gasteiger partial charge in [0.25, 0.3) is 0 Å². The van der Waals surface area contributed by atoms with Crippen molar-refractivity contribution >= 4 is 6.01 Å². The average Bonchev–Trinajstić information content (AvgIpc) is 2.76. The topological polar surface area (TPSA) is 97.6 Å². The Hall–Kier alpha value is -1.18. The number of morpholine rings is 1. The molecule has 0 saturated carbocycles. The molecule has 0 spiro atoms. The maximum atomic E-state index is 9.09. The standard InChI is InChI=1S/C9H16N4O3/c1-6-3-13(4-7(5-14)15-6)9-12-11-8(2-10)16-9/h6-7,14H,2-5,10H2,1H3. The van der Waals surface area contributed by atoms with E-state index in [-0.39, 0.29) is 25.4 Å². The average molecular weight is 228 g/mol. The summed E-state index contributed by atoms with van der Waals surface area (Å²) in [4.78, 5) is 1.90. The maximum absolute atomic E-state index is 9.09. The second-order valence-corrected chi connectivity index (χ2v) is 3.84. The Morgan fingerprint density at radius 1 is 1.50 bits per heavy atom. The highest BCUT2D eigenvalue weighted by Crippen LogP contribution is 2.18. The van der Waals surface area contributed by atoms with Crippen LogP contribution in [0.3, 0.4) is 0 Å². The third-order valence-electron chi connectivity index (χ3n) is 2.43. The smallest absolute Gasteiger partial charge is 0.318 e. The minimum absolute atomic E-state index is 0.0152. The highest BCUT2D eigenvalue weighted by Gasteiger charge is 2.27. The molecule has 90 valence electrons. The van der Waals surface area contributed by atoms with Crippen LogP contribution in [-0.4, -0.2) is 47.2 Å². The third kappa shape index (κ3) is 2.31. The quantitative estimate of drug-likeness (QED) is 0.692. The lowest BCUT2D eigenvalue weighted by molar-refractivity contribution is -0.0432. The summed E-state index contributed by atoms with van der Waals surface area (Å²) < 4.78 is 10.9. The number of hydrogen-bond acceptors (Lipinski definition) is 7. The van der Waals surface area contributed by atoms with E-state index in [1.165, 1.54) is 0 Å². The molecule has 1 saturated heterocycles. The fraction of sp³-hybridized carbons (Fsp3) is 0.778. The van der Waals surface area contributed by atoms with Gasteiger partial charge in [0, 0.05) is 6.54 Å². The number of ether oxygens (including phenoxy) is 1. The first-order valence-electron chi connectivity index (χ1n) is 5.26. The first-order valence-corrected chi connectivity index (χ1v) is 5.26. The lowest BCUT2D eigenvalue weighted by atomic mass is 10.2. The molecule has 2 rings (SSSR count). The number of nitrogens with zero attached hydrogens (tertiary/aromatic N) is 3. The fourth-order valence-electron chi connectivity index (χ4n) is 1.76. The van der Waals surface area contributed by atoms with Crippen molar-refractivity contribution in [2.45, 2.75) is 25.7 Å². The summed E-state index contributed by atoms with van der Waals surface area (Å²) in [6.07, 6.45) is -0.184. The van der Waals surface area contributed by atoms with Gasteiger partial charge in [-0.1, -0.05) is 5.10 Å². The summed E-state index contributed by atoms with van der Waals surface area (Å²) in [6, 6.07) is 0.439.